The highest BCUT2D eigenvalue weighted by molar-refractivity contribution is 5.93. The summed E-state index contributed by atoms with van der Waals surface area (Å²) in [5.74, 6) is -0.592. The largest absolute Gasteiger partial charge is 0.465 e. The topological polar surface area (TPSA) is 70.4 Å². The van der Waals surface area contributed by atoms with Crippen LogP contribution in [0.4, 0.5) is 0 Å². The van der Waals surface area contributed by atoms with E-state index >= 15 is 0 Å². The second kappa shape index (κ2) is 6.44. The number of carbonyl (C=O) groups excluding carboxylic acids is 2. The number of ether oxygens (including phenoxy) is 1. The average molecular weight is 298 g/mol. The number of hydrogen-bond acceptors (Lipinski definition) is 4. The lowest BCUT2D eigenvalue weighted by molar-refractivity contribution is -0.130. The zero-order chi connectivity index (χ0) is 16.2. The third-order valence-corrected chi connectivity index (χ3v) is 4.11. The number of benzene rings is 1. The van der Waals surface area contributed by atoms with Gasteiger partial charge < -0.3 is 9.64 Å². The minimum atomic E-state index is -0.643. The smallest absolute Gasteiger partial charge is 0.337 e. The lowest BCUT2D eigenvalue weighted by Crippen LogP contribution is -2.52. The first-order valence-corrected chi connectivity index (χ1v) is 7.08. The van der Waals surface area contributed by atoms with Gasteiger partial charge in [0.2, 0.25) is 5.91 Å². The van der Waals surface area contributed by atoms with Gasteiger partial charge >= 0.3 is 5.97 Å². The molecule has 1 amide bonds. The summed E-state index contributed by atoms with van der Waals surface area (Å²) in [6, 6.07) is 8.99. The van der Waals surface area contributed by atoms with Crippen LogP contribution in [0.3, 0.4) is 0 Å². The highest BCUT2D eigenvalue weighted by atomic mass is 16.5. The van der Waals surface area contributed by atoms with E-state index < -0.39 is 11.5 Å². The summed E-state index contributed by atoms with van der Waals surface area (Å²) in [5, 5.41) is 9.24. The molecule has 1 saturated carbocycles. The molecule has 1 aliphatic rings. The Balaban J connectivity index is 2.04. The molecule has 22 heavy (non-hydrogen) atoms. The first-order valence-electron chi connectivity index (χ1n) is 7.08. The van der Waals surface area contributed by atoms with E-state index in [2.05, 4.69) is 10.8 Å². The van der Waals surface area contributed by atoms with E-state index in [1.54, 1.807) is 37.4 Å². The number of hydrogen-bond donors (Lipinski definition) is 0. The first kappa shape index (κ1) is 15.8. The Morgan fingerprint density at radius 3 is 2.41 bits per heavy atom. The number of carbonyl (C=O) groups is 2. The van der Waals surface area contributed by atoms with Crippen LogP contribution in [-0.4, -0.2) is 36.5 Å². The number of esters is 1. The van der Waals surface area contributed by atoms with Crippen LogP contribution in [0.2, 0.25) is 0 Å². The lowest BCUT2D eigenvalue weighted by Gasteiger charge is -2.42. The van der Waals surface area contributed by atoms with Gasteiger partial charge in [0, 0.05) is 13.1 Å². The standard InChI is InChI=1S/C17H18N2O3/c1-19(17(12-18)10-3-11-17)15(20)9-6-13-4-7-14(8-5-13)16(21)22-2/h4-9H,3,10-11H2,1-2H3. The predicted octanol–water partition coefficient (Wildman–Crippen LogP) is 2.39. The molecular formula is C17H18N2O3. The van der Waals surface area contributed by atoms with Crippen LogP contribution in [-0.2, 0) is 9.53 Å². The summed E-state index contributed by atoms with van der Waals surface area (Å²) in [6.07, 6.45) is 5.55. The Bertz CT molecular complexity index is 637. The Labute approximate surface area is 129 Å². The molecule has 2 rings (SSSR count). The molecule has 0 atom stereocenters. The van der Waals surface area contributed by atoms with E-state index in [4.69, 9.17) is 0 Å². The zero-order valence-electron chi connectivity index (χ0n) is 12.7. The maximum atomic E-state index is 12.2. The number of likely N-dealkylation sites (N-methyl/N-ethyl adjacent to an activating group) is 1. The van der Waals surface area contributed by atoms with Gasteiger partial charge in [-0.2, -0.15) is 5.26 Å². The Kier molecular flexibility index (Phi) is 4.62. The van der Waals surface area contributed by atoms with Crippen molar-refractivity contribution in [3.63, 3.8) is 0 Å². The predicted molar refractivity (Wildman–Crippen MR) is 81.8 cm³/mol. The van der Waals surface area contributed by atoms with E-state index in [0.717, 1.165) is 24.8 Å². The molecule has 0 saturated heterocycles. The molecule has 5 nitrogen and oxygen atoms in total. The molecule has 0 aliphatic heterocycles. The summed E-state index contributed by atoms with van der Waals surface area (Å²) in [5.41, 5.74) is 0.617. The van der Waals surface area contributed by atoms with E-state index in [-0.39, 0.29) is 5.91 Å². The molecule has 0 aromatic heterocycles. The van der Waals surface area contributed by atoms with Crippen molar-refractivity contribution in [2.24, 2.45) is 0 Å². The molecule has 1 aliphatic carbocycles. The minimum Gasteiger partial charge on any atom is -0.465 e. The lowest BCUT2D eigenvalue weighted by atomic mass is 9.76. The van der Waals surface area contributed by atoms with Gasteiger partial charge in [-0.1, -0.05) is 12.1 Å². The molecule has 0 unspecified atom stereocenters. The molecule has 0 radical (unpaired) electrons. The summed E-state index contributed by atoms with van der Waals surface area (Å²) < 4.78 is 4.63. The second-order valence-corrected chi connectivity index (χ2v) is 5.34. The van der Waals surface area contributed by atoms with Gasteiger partial charge in [-0.05, 0) is 43.0 Å². The third-order valence-electron chi connectivity index (χ3n) is 4.11. The van der Waals surface area contributed by atoms with Crippen molar-refractivity contribution < 1.29 is 14.3 Å². The van der Waals surface area contributed by atoms with E-state index in [1.165, 1.54) is 18.1 Å². The molecule has 0 heterocycles. The van der Waals surface area contributed by atoms with E-state index in [9.17, 15) is 14.9 Å². The number of rotatable bonds is 4. The van der Waals surface area contributed by atoms with Crippen LogP contribution in [0.15, 0.2) is 30.3 Å². The van der Waals surface area contributed by atoms with Gasteiger partial charge in [-0.25, -0.2) is 4.79 Å². The van der Waals surface area contributed by atoms with Crippen LogP contribution in [0.25, 0.3) is 6.08 Å². The molecule has 1 aromatic rings. The highest BCUT2D eigenvalue weighted by Crippen LogP contribution is 2.36. The minimum absolute atomic E-state index is 0.196. The fourth-order valence-corrected chi connectivity index (χ4v) is 2.37. The summed E-state index contributed by atoms with van der Waals surface area (Å²) in [7, 11) is 2.99. The SMILES string of the molecule is COC(=O)c1ccc(C=CC(=O)N(C)C2(C#N)CCC2)cc1. The number of amides is 1. The van der Waals surface area contributed by atoms with Crippen molar-refractivity contribution in [3.05, 3.63) is 41.5 Å². The number of nitriles is 1. The fourth-order valence-electron chi connectivity index (χ4n) is 2.37. The Morgan fingerprint density at radius 1 is 1.32 bits per heavy atom. The van der Waals surface area contributed by atoms with Gasteiger partial charge in [0.1, 0.15) is 5.54 Å². The van der Waals surface area contributed by atoms with Crippen LogP contribution >= 0.6 is 0 Å². The Hall–Kier alpha value is -2.61. The Morgan fingerprint density at radius 2 is 1.95 bits per heavy atom. The highest BCUT2D eigenvalue weighted by Gasteiger charge is 2.42. The maximum absolute atomic E-state index is 12.2. The molecule has 1 aromatic carbocycles. The molecule has 5 heteroatoms. The zero-order valence-corrected chi connectivity index (χ0v) is 12.7. The maximum Gasteiger partial charge on any atom is 0.337 e. The monoisotopic (exact) mass is 298 g/mol. The van der Waals surface area contributed by atoms with Crippen molar-refractivity contribution >= 4 is 18.0 Å². The normalized spacial score (nSPS) is 15.7. The van der Waals surface area contributed by atoms with Crippen molar-refractivity contribution in [3.8, 4) is 6.07 Å². The second-order valence-electron chi connectivity index (χ2n) is 5.34. The van der Waals surface area contributed by atoms with Crippen molar-refractivity contribution in [2.45, 2.75) is 24.8 Å². The quantitative estimate of drug-likeness (QED) is 0.632. The van der Waals surface area contributed by atoms with E-state index in [0.29, 0.717) is 5.56 Å². The van der Waals surface area contributed by atoms with Crippen LogP contribution < -0.4 is 0 Å². The number of methoxy groups -OCH3 is 1. The molecule has 0 N–H and O–H groups in total. The third kappa shape index (κ3) is 3.01. The van der Waals surface area contributed by atoms with Crippen molar-refractivity contribution in [1.29, 1.82) is 5.26 Å². The van der Waals surface area contributed by atoms with Crippen LogP contribution in [0.1, 0.15) is 35.2 Å². The van der Waals surface area contributed by atoms with Crippen molar-refractivity contribution in [1.82, 2.24) is 4.90 Å². The molecule has 114 valence electrons. The van der Waals surface area contributed by atoms with Crippen LogP contribution in [0, 0.1) is 11.3 Å². The fraction of sp³-hybridized carbons (Fsp3) is 0.353. The van der Waals surface area contributed by atoms with Crippen LogP contribution in [0.5, 0.6) is 0 Å². The molecular weight excluding hydrogens is 280 g/mol. The van der Waals surface area contributed by atoms with Crippen molar-refractivity contribution in [2.75, 3.05) is 14.2 Å². The average Bonchev–Trinajstić information content (AvgIpc) is 2.51. The molecule has 0 bridgehead atoms. The van der Waals surface area contributed by atoms with Gasteiger partial charge in [0.25, 0.3) is 0 Å². The van der Waals surface area contributed by atoms with Gasteiger partial charge in [-0.15, -0.1) is 0 Å². The summed E-state index contributed by atoms with van der Waals surface area (Å²) >= 11 is 0. The first-order chi connectivity index (χ1) is 10.5. The summed E-state index contributed by atoms with van der Waals surface area (Å²) in [6.45, 7) is 0. The summed E-state index contributed by atoms with van der Waals surface area (Å²) in [4.78, 5) is 25.0. The van der Waals surface area contributed by atoms with Gasteiger partial charge in [0.05, 0.1) is 18.7 Å². The molecule has 0 spiro atoms. The molecule has 1 fully saturated rings. The number of nitrogens with zero attached hydrogens (tertiary/aromatic N) is 2. The van der Waals surface area contributed by atoms with Gasteiger partial charge in [0.15, 0.2) is 0 Å². The van der Waals surface area contributed by atoms with E-state index in [1.807, 2.05) is 0 Å². The van der Waals surface area contributed by atoms with Gasteiger partial charge in [-0.3, -0.25) is 4.79 Å².